The highest BCUT2D eigenvalue weighted by molar-refractivity contribution is 6.30. The van der Waals surface area contributed by atoms with Gasteiger partial charge in [0.25, 0.3) is 5.91 Å². The number of nitrogens with zero attached hydrogens (tertiary/aromatic N) is 1. The molecule has 1 amide bonds. The molecule has 0 saturated carbocycles. The molecule has 34 heavy (non-hydrogen) atoms. The maximum atomic E-state index is 13.3. The van der Waals surface area contributed by atoms with Gasteiger partial charge in [0, 0.05) is 17.9 Å². The first-order chi connectivity index (χ1) is 16.5. The van der Waals surface area contributed by atoms with Gasteiger partial charge in [0.05, 0.1) is 18.8 Å². The van der Waals surface area contributed by atoms with Crippen LogP contribution in [0.4, 0.5) is 5.69 Å². The number of aryl methyl sites for hydroxylation is 1. The van der Waals surface area contributed by atoms with Crippen molar-refractivity contribution in [3.05, 3.63) is 88.9 Å². The number of rotatable bonds is 10. The summed E-state index contributed by atoms with van der Waals surface area (Å²) in [4.78, 5) is 25.7. The van der Waals surface area contributed by atoms with Gasteiger partial charge >= 0.3 is 5.97 Å². The predicted octanol–water partition coefficient (Wildman–Crippen LogP) is 5.51. The Bertz CT molecular complexity index is 1150. The molecule has 1 heterocycles. The van der Waals surface area contributed by atoms with E-state index in [0.29, 0.717) is 48.9 Å². The van der Waals surface area contributed by atoms with E-state index in [1.807, 2.05) is 72.8 Å². The van der Waals surface area contributed by atoms with Crippen LogP contribution in [0.3, 0.4) is 0 Å². The van der Waals surface area contributed by atoms with Gasteiger partial charge < -0.3 is 19.5 Å². The minimum atomic E-state index is -0.784. The van der Waals surface area contributed by atoms with Crippen molar-refractivity contribution in [1.82, 2.24) is 0 Å². The first-order valence-corrected chi connectivity index (χ1v) is 11.6. The van der Waals surface area contributed by atoms with Gasteiger partial charge in [-0.1, -0.05) is 48.0 Å². The lowest BCUT2D eigenvalue weighted by molar-refractivity contribution is -0.137. The molecule has 0 fully saturated rings. The second kappa shape index (κ2) is 11.1. The highest BCUT2D eigenvalue weighted by Crippen LogP contribution is 2.35. The van der Waals surface area contributed by atoms with E-state index in [2.05, 4.69) is 0 Å². The van der Waals surface area contributed by atoms with Crippen molar-refractivity contribution < 1.29 is 24.2 Å². The molecule has 0 aliphatic carbocycles. The van der Waals surface area contributed by atoms with E-state index in [1.54, 1.807) is 4.90 Å². The third-order valence-electron chi connectivity index (χ3n) is 5.62. The van der Waals surface area contributed by atoms with E-state index < -0.39 is 12.1 Å². The number of amides is 1. The molecule has 3 aromatic carbocycles. The van der Waals surface area contributed by atoms with Crippen molar-refractivity contribution in [2.45, 2.75) is 38.3 Å². The lowest BCUT2D eigenvalue weighted by Gasteiger charge is -2.34. The molecule has 1 atom stereocenters. The summed E-state index contributed by atoms with van der Waals surface area (Å²) in [5.74, 6) is 0.463. The monoisotopic (exact) mass is 479 g/mol. The average Bonchev–Trinajstić information content (AvgIpc) is 2.82. The Hall–Kier alpha value is -3.51. The van der Waals surface area contributed by atoms with Crippen LogP contribution in [0.15, 0.2) is 72.8 Å². The number of hydrogen-bond donors (Lipinski definition) is 1. The molecule has 1 N–H and O–H groups in total. The van der Waals surface area contributed by atoms with E-state index in [1.165, 1.54) is 0 Å². The largest absolute Gasteiger partial charge is 0.493 e. The van der Waals surface area contributed by atoms with Gasteiger partial charge in [0.1, 0.15) is 11.5 Å². The summed E-state index contributed by atoms with van der Waals surface area (Å²) in [5, 5.41) is 9.38. The number of aliphatic carboxylic acids is 1. The lowest BCUT2D eigenvalue weighted by Crippen LogP contribution is -2.46. The average molecular weight is 480 g/mol. The SMILES string of the molecule is O=C(O)CCCc1ccc(OCCC2Oc3ccccc3N(Cc3cccc(Cl)c3)C2=O)cc1. The molecule has 1 aliphatic heterocycles. The Labute approximate surface area is 203 Å². The topological polar surface area (TPSA) is 76.1 Å². The van der Waals surface area contributed by atoms with Gasteiger partial charge in [-0.05, 0) is 60.4 Å². The van der Waals surface area contributed by atoms with Crippen molar-refractivity contribution in [3.63, 3.8) is 0 Å². The Morgan fingerprint density at radius 2 is 1.82 bits per heavy atom. The van der Waals surface area contributed by atoms with Crippen LogP contribution in [0.25, 0.3) is 0 Å². The van der Waals surface area contributed by atoms with Crippen LogP contribution in [0, 0.1) is 0 Å². The van der Waals surface area contributed by atoms with Crippen LogP contribution in [-0.2, 0) is 22.6 Å². The number of carboxylic acids is 1. The molecule has 0 aromatic heterocycles. The van der Waals surface area contributed by atoms with Crippen molar-refractivity contribution in [3.8, 4) is 11.5 Å². The van der Waals surface area contributed by atoms with Crippen molar-refractivity contribution >= 4 is 29.2 Å². The summed E-state index contributed by atoms with van der Waals surface area (Å²) >= 11 is 6.13. The molecule has 176 valence electrons. The fourth-order valence-electron chi connectivity index (χ4n) is 3.92. The molecule has 6 nitrogen and oxygen atoms in total. The summed E-state index contributed by atoms with van der Waals surface area (Å²) in [6.45, 7) is 0.725. The number of ether oxygens (including phenoxy) is 2. The maximum absolute atomic E-state index is 13.3. The number of fused-ring (bicyclic) bond motifs is 1. The number of hydrogen-bond acceptors (Lipinski definition) is 4. The minimum absolute atomic E-state index is 0.115. The second-order valence-corrected chi connectivity index (χ2v) is 8.59. The van der Waals surface area contributed by atoms with E-state index >= 15 is 0 Å². The van der Waals surface area contributed by atoms with Gasteiger partial charge in [-0.15, -0.1) is 0 Å². The Morgan fingerprint density at radius 1 is 1.03 bits per heavy atom. The lowest BCUT2D eigenvalue weighted by atomic mass is 10.1. The van der Waals surface area contributed by atoms with Crippen LogP contribution in [0.2, 0.25) is 5.02 Å². The molecular formula is C27H26ClNO5. The number of para-hydroxylation sites is 2. The quantitative estimate of drug-likeness (QED) is 0.415. The molecular weight excluding hydrogens is 454 g/mol. The molecule has 0 radical (unpaired) electrons. The number of halogens is 1. The smallest absolute Gasteiger partial charge is 0.303 e. The Morgan fingerprint density at radius 3 is 2.59 bits per heavy atom. The standard InChI is InChI=1S/C27H26ClNO5/c28-21-7-3-6-20(17-21)18-29-23-8-1-2-9-24(23)34-25(27(29)32)15-16-33-22-13-11-19(12-14-22)5-4-10-26(30)31/h1-3,6-9,11-14,17,25H,4-5,10,15-16,18H2,(H,30,31). The van der Waals surface area contributed by atoms with E-state index in [-0.39, 0.29) is 12.3 Å². The molecule has 7 heteroatoms. The molecule has 0 saturated heterocycles. The number of carbonyl (C=O) groups is 2. The zero-order chi connectivity index (χ0) is 23.9. The van der Waals surface area contributed by atoms with Gasteiger partial charge in [-0.3, -0.25) is 9.59 Å². The molecule has 1 unspecified atom stereocenters. The summed E-state index contributed by atoms with van der Waals surface area (Å²) < 4.78 is 11.9. The van der Waals surface area contributed by atoms with Crippen molar-refractivity contribution in [2.75, 3.05) is 11.5 Å². The number of anilines is 1. The van der Waals surface area contributed by atoms with Gasteiger partial charge in [0.15, 0.2) is 6.10 Å². The fraction of sp³-hybridized carbons (Fsp3) is 0.259. The van der Waals surface area contributed by atoms with Crippen LogP contribution in [-0.4, -0.2) is 29.7 Å². The van der Waals surface area contributed by atoms with E-state index in [4.69, 9.17) is 26.2 Å². The Balaban J connectivity index is 1.37. The van der Waals surface area contributed by atoms with Crippen LogP contribution >= 0.6 is 11.6 Å². The van der Waals surface area contributed by atoms with Gasteiger partial charge in [0.2, 0.25) is 0 Å². The number of benzene rings is 3. The summed E-state index contributed by atoms with van der Waals surface area (Å²) in [6, 6.07) is 22.6. The number of carbonyl (C=O) groups excluding carboxylic acids is 1. The second-order valence-electron chi connectivity index (χ2n) is 8.16. The summed E-state index contributed by atoms with van der Waals surface area (Å²) in [5.41, 5.74) is 2.74. The highest BCUT2D eigenvalue weighted by atomic mass is 35.5. The third kappa shape index (κ3) is 6.08. The maximum Gasteiger partial charge on any atom is 0.303 e. The van der Waals surface area contributed by atoms with E-state index in [9.17, 15) is 9.59 Å². The third-order valence-corrected chi connectivity index (χ3v) is 5.86. The molecule has 0 spiro atoms. The Kier molecular flexibility index (Phi) is 7.70. The zero-order valence-corrected chi connectivity index (χ0v) is 19.4. The van der Waals surface area contributed by atoms with Crippen molar-refractivity contribution in [2.24, 2.45) is 0 Å². The number of carboxylic acid groups (broad SMARTS) is 1. The first kappa shape index (κ1) is 23.6. The van der Waals surface area contributed by atoms with Gasteiger partial charge in [-0.25, -0.2) is 0 Å². The molecule has 1 aliphatic rings. The predicted molar refractivity (Wildman–Crippen MR) is 131 cm³/mol. The van der Waals surface area contributed by atoms with Crippen LogP contribution in [0.1, 0.15) is 30.4 Å². The summed E-state index contributed by atoms with van der Waals surface area (Å²) in [6.07, 6.45) is 1.22. The van der Waals surface area contributed by atoms with Gasteiger partial charge in [-0.2, -0.15) is 0 Å². The normalized spacial score (nSPS) is 14.9. The molecule has 3 aromatic rings. The van der Waals surface area contributed by atoms with Crippen LogP contribution in [0.5, 0.6) is 11.5 Å². The van der Waals surface area contributed by atoms with Crippen molar-refractivity contribution in [1.29, 1.82) is 0 Å². The minimum Gasteiger partial charge on any atom is -0.493 e. The van der Waals surface area contributed by atoms with E-state index in [0.717, 1.165) is 16.8 Å². The zero-order valence-electron chi connectivity index (χ0n) is 18.7. The summed E-state index contributed by atoms with van der Waals surface area (Å²) in [7, 11) is 0. The van der Waals surface area contributed by atoms with Crippen LogP contribution < -0.4 is 14.4 Å². The highest BCUT2D eigenvalue weighted by Gasteiger charge is 2.34. The molecule has 4 rings (SSSR count). The molecule has 0 bridgehead atoms. The fourth-order valence-corrected chi connectivity index (χ4v) is 4.13. The first-order valence-electron chi connectivity index (χ1n) is 11.2.